The zero-order valence-corrected chi connectivity index (χ0v) is 16.0. The highest BCUT2D eigenvalue weighted by Crippen LogP contribution is 2.22. The smallest absolute Gasteiger partial charge is 0.349 e. The van der Waals surface area contributed by atoms with E-state index in [1.807, 2.05) is 19.1 Å². The van der Waals surface area contributed by atoms with Crippen molar-refractivity contribution in [3.63, 3.8) is 0 Å². The number of aryl methyl sites for hydroxylation is 2. The monoisotopic (exact) mass is 368 g/mol. The molecule has 1 amide bonds. The molecule has 2 aromatic heterocycles. The van der Waals surface area contributed by atoms with Crippen molar-refractivity contribution in [2.24, 2.45) is 0 Å². The van der Waals surface area contributed by atoms with E-state index in [1.165, 1.54) is 0 Å². The third kappa shape index (κ3) is 3.80. The molecule has 7 nitrogen and oxygen atoms in total. The molecule has 3 heterocycles. The number of rotatable bonds is 4. The van der Waals surface area contributed by atoms with Gasteiger partial charge in [-0.1, -0.05) is 20.3 Å². The van der Waals surface area contributed by atoms with E-state index in [0.717, 1.165) is 18.5 Å². The van der Waals surface area contributed by atoms with E-state index >= 15 is 0 Å². The van der Waals surface area contributed by atoms with Crippen LogP contribution in [-0.4, -0.2) is 27.1 Å². The second-order valence-electron chi connectivity index (χ2n) is 7.12. The molecule has 0 aliphatic carbocycles. The van der Waals surface area contributed by atoms with Crippen LogP contribution < -0.4 is 5.63 Å². The van der Waals surface area contributed by atoms with Gasteiger partial charge in [-0.15, -0.1) is 0 Å². The van der Waals surface area contributed by atoms with Crippen LogP contribution in [0.15, 0.2) is 21.3 Å². The Morgan fingerprint density at radius 1 is 1.41 bits per heavy atom. The van der Waals surface area contributed by atoms with Gasteiger partial charge in [-0.2, -0.15) is 10.4 Å². The molecule has 0 saturated carbocycles. The summed E-state index contributed by atoms with van der Waals surface area (Å²) in [5.74, 6) is 0.440. The van der Waals surface area contributed by atoms with Crippen molar-refractivity contribution in [3.8, 4) is 6.07 Å². The van der Waals surface area contributed by atoms with E-state index in [-0.39, 0.29) is 17.4 Å². The first-order chi connectivity index (χ1) is 12.9. The average Bonchev–Trinajstić information content (AvgIpc) is 2.91. The van der Waals surface area contributed by atoms with E-state index in [2.05, 4.69) is 12.0 Å². The summed E-state index contributed by atoms with van der Waals surface area (Å²) < 4.78 is 7.23. The molecule has 0 N–H and O–H groups in total. The van der Waals surface area contributed by atoms with Gasteiger partial charge in [0.05, 0.1) is 12.2 Å². The molecule has 0 fully saturated rings. The van der Waals surface area contributed by atoms with Gasteiger partial charge in [0, 0.05) is 19.0 Å². The van der Waals surface area contributed by atoms with Crippen LogP contribution in [0.1, 0.15) is 72.1 Å². The van der Waals surface area contributed by atoms with Crippen molar-refractivity contribution in [3.05, 3.63) is 50.8 Å². The molecule has 0 saturated heterocycles. The molecule has 2 aromatic rings. The summed E-state index contributed by atoms with van der Waals surface area (Å²) in [5, 5.41) is 13.2. The lowest BCUT2D eigenvalue weighted by molar-refractivity contribution is 0.0739. The van der Waals surface area contributed by atoms with Crippen molar-refractivity contribution >= 4 is 5.91 Å². The predicted octanol–water partition coefficient (Wildman–Crippen LogP) is 2.97. The number of nitrogens with zero attached hydrogens (tertiary/aromatic N) is 4. The van der Waals surface area contributed by atoms with Crippen LogP contribution >= 0.6 is 0 Å². The molecule has 1 unspecified atom stereocenters. The number of hydrogen-bond acceptors (Lipinski definition) is 5. The van der Waals surface area contributed by atoms with Crippen molar-refractivity contribution in [1.29, 1.82) is 5.26 Å². The first-order valence-corrected chi connectivity index (χ1v) is 9.35. The van der Waals surface area contributed by atoms with Crippen LogP contribution in [0.3, 0.4) is 0 Å². The predicted molar refractivity (Wildman–Crippen MR) is 99.3 cm³/mol. The molecule has 0 bridgehead atoms. The third-order valence-corrected chi connectivity index (χ3v) is 5.00. The minimum atomic E-state index is -0.576. The number of fused-ring (bicyclic) bond motifs is 1. The molecular formula is C20H24N4O3. The molecule has 1 aliphatic rings. The number of hydrogen-bond donors (Lipinski definition) is 0. The Hall–Kier alpha value is -2.88. The van der Waals surface area contributed by atoms with Gasteiger partial charge in [0.2, 0.25) is 0 Å². The van der Waals surface area contributed by atoms with Gasteiger partial charge in [0.1, 0.15) is 17.4 Å². The van der Waals surface area contributed by atoms with Crippen molar-refractivity contribution < 1.29 is 9.21 Å². The van der Waals surface area contributed by atoms with E-state index in [1.54, 1.807) is 22.6 Å². The van der Waals surface area contributed by atoms with Crippen LogP contribution in [0.4, 0.5) is 0 Å². The fourth-order valence-electron chi connectivity index (χ4n) is 3.56. The molecule has 27 heavy (non-hydrogen) atoms. The van der Waals surface area contributed by atoms with Crippen molar-refractivity contribution in [1.82, 2.24) is 14.7 Å². The summed E-state index contributed by atoms with van der Waals surface area (Å²) in [5.41, 5.74) is 1.30. The van der Waals surface area contributed by atoms with Gasteiger partial charge in [0.25, 0.3) is 5.91 Å². The molecule has 1 atom stereocenters. The second-order valence-corrected chi connectivity index (χ2v) is 7.12. The highest BCUT2D eigenvalue weighted by Gasteiger charge is 2.26. The Kier molecular flexibility index (Phi) is 5.45. The van der Waals surface area contributed by atoms with Crippen molar-refractivity contribution in [2.45, 2.75) is 59.0 Å². The van der Waals surface area contributed by atoms with Crippen LogP contribution in [0, 0.1) is 18.3 Å². The molecule has 0 spiro atoms. The second kappa shape index (κ2) is 7.78. The zero-order valence-electron chi connectivity index (χ0n) is 16.0. The SMILES string of the molecule is CCCC(C)c1cc(C)c(C(=O)N2CCCn3nc(C#N)cc3C2)c(=O)o1. The average molecular weight is 368 g/mol. The minimum Gasteiger partial charge on any atom is -0.427 e. The highest BCUT2D eigenvalue weighted by molar-refractivity contribution is 5.95. The summed E-state index contributed by atoms with van der Waals surface area (Å²) >= 11 is 0. The lowest BCUT2D eigenvalue weighted by atomic mass is 10.0. The fourth-order valence-corrected chi connectivity index (χ4v) is 3.56. The Morgan fingerprint density at radius 2 is 2.19 bits per heavy atom. The molecule has 0 radical (unpaired) electrons. The Labute approximate surface area is 158 Å². The van der Waals surface area contributed by atoms with Crippen molar-refractivity contribution in [2.75, 3.05) is 6.54 Å². The molecule has 3 rings (SSSR count). The Morgan fingerprint density at radius 3 is 2.85 bits per heavy atom. The summed E-state index contributed by atoms with van der Waals surface area (Å²) in [4.78, 5) is 27.3. The lowest BCUT2D eigenvalue weighted by Gasteiger charge is -2.20. The van der Waals surface area contributed by atoms with E-state index in [4.69, 9.17) is 9.68 Å². The van der Waals surface area contributed by atoms with Crippen LogP contribution in [0.2, 0.25) is 0 Å². The lowest BCUT2D eigenvalue weighted by Crippen LogP contribution is -2.34. The molecule has 142 valence electrons. The summed E-state index contributed by atoms with van der Waals surface area (Å²) in [6, 6.07) is 5.53. The van der Waals surface area contributed by atoms with Gasteiger partial charge >= 0.3 is 5.63 Å². The standard InChI is InChI=1S/C20H24N4O3/c1-4-6-13(2)17-9-14(3)18(20(26)27-17)19(25)23-7-5-8-24-16(12-23)10-15(11-21)22-24/h9-10,13H,4-8,12H2,1-3H3. The van der Waals surface area contributed by atoms with Crippen LogP contribution in [0.25, 0.3) is 0 Å². The number of amides is 1. The number of aromatic nitrogens is 2. The Bertz CT molecular complexity index is 951. The van der Waals surface area contributed by atoms with E-state index in [9.17, 15) is 9.59 Å². The van der Waals surface area contributed by atoms with E-state index < -0.39 is 5.63 Å². The summed E-state index contributed by atoms with van der Waals surface area (Å²) in [6.07, 6.45) is 2.63. The van der Waals surface area contributed by atoms with Gasteiger partial charge in [0.15, 0.2) is 5.69 Å². The number of carbonyl (C=O) groups excluding carboxylic acids is 1. The van der Waals surface area contributed by atoms with Gasteiger partial charge in [-0.25, -0.2) is 4.79 Å². The minimum absolute atomic E-state index is 0.0934. The maximum Gasteiger partial charge on any atom is 0.349 e. The van der Waals surface area contributed by atoms with Crippen LogP contribution in [0.5, 0.6) is 0 Å². The first-order valence-electron chi connectivity index (χ1n) is 9.35. The molecule has 1 aliphatic heterocycles. The maximum atomic E-state index is 13.1. The largest absolute Gasteiger partial charge is 0.427 e. The number of carbonyl (C=O) groups is 1. The Balaban J connectivity index is 1.89. The zero-order chi connectivity index (χ0) is 19.6. The summed E-state index contributed by atoms with van der Waals surface area (Å²) in [7, 11) is 0. The number of nitriles is 1. The molecular weight excluding hydrogens is 344 g/mol. The topological polar surface area (TPSA) is 92.1 Å². The molecule has 7 heteroatoms. The first kappa shape index (κ1) is 18.9. The quantitative estimate of drug-likeness (QED) is 0.827. The summed E-state index contributed by atoms with van der Waals surface area (Å²) in [6.45, 7) is 7.37. The molecule has 0 aromatic carbocycles. The maximum absolute atomic E-state index is 13.1. The fraction of sp³-hybridized carbons (Fsp3) is 0.500. The van der Waals surface area contributed by atoms with Gasteiger partial charge < -0.3 is 9.32 Å². The van der Waals surface area contributed by atoms with Crippen LogP contribution in [-0.2, 0) is 13.1 Å². The third-order valence-electron chi connectivity index (χ3n) is 5.00. The normalized spacial score (nSPS) is 15.0. The van der Waals surface area contributed by atoms with Gasteiger partial charge in [-0.05, 0) is 37.5 Å². The van der Waals surface area contributed by atoms with E-state index in [0.29, 0.717) is 43.1 Å². The van der Waals surface area contributed by atoms with Gasteiger partial charge in [-0.3, -0.25) is 9.48 Å². The highest BCUT2D eigenvalue weighted by atomic mass is 16.4.